The standard InChI is InChI=1S/C23H32N4O5S/c1-23(2,3)31-22(28)26-12-9-16(10-13-26)20-24-21(32-25-20)17-11-14-27(15-17)18-5-7-19(8-6-18)33(4,29)30/h5-8,16-17H,9-15H2,1-4H3/t17-/m0/s1. The van der Waals surface area contributed by atoms with E-state index in [1.807, 2.05) is 32.9 Å². The number of nitrogens with zero attached hydrogens (tertiary/aromatic N) is 4. The van der Waals surface area contributed by atoms with Crippen molar-refractivity contribution in [3.05, 3.63) is 36.0 Å². The molecule has 0 radical (unpaired) electrons. The summed E-state index contributed by atoms with van der Waals surface area (Å²) >= 11 is 0. The third-order valence-electron chi connectivity index (χ3n) is 6.14. The number of aromatic nitrogens is 2. The molecule has 1 atom stereocenters. The predicted molar refractivity (Wildman–Crippen MR) is 123 cm³/mol. The Morgan fingerprint density at radius 2 is 1.70 bits per heavy atom. The second-order valence-corrected chi connectivity index (χ2v) is 11.9. The van der Waals surface area contributed by atoms with E-state index < -0.39 is 15.4 Å². The van der Waals surface area contributed by atoms with Gasteiger partial charge in [0.1, 0.15) is 5.60 Å². The van der Waals surface area contributed by atoms with E-state index in [9.17, 15) is 13.2 Å². The number of amides is 1. The van der Waals surface area contributed by atoms with Gasteiger partial charge < -0.3 is 19.1 Å². The second-order valence-electron chi connectivity index (χ2n) is 9.93. The molecule has 0 saturated carbocycles. The number of rotatable bonds is 4. The van der Waals surface area contributed by atoms with Crippen molar-refractivity contribution < 1.29 is 22.5 Å². The van der Waals surface area contributed by atoms with Gasteiger partial charge in [0, 0.05) is 44.0 Å². The molecule has 0 bridgehead atoms. The van der Waals surface area contributed by atoms with Crippen LogP contribution in [0.3, 0.4) is 0 Å². The molecule has 3 heterocycles. The summed E-state index contributed by atoms with van der Waals surface area (Å²) in [4.78, 5) is 21.2. The zero-order valence-corrected chi connectivity index (χ0v) is 20.5. The number of benzene rings is 1. The summed E-state index contributed by atoms with van der Waals surface area (Å²) in [6.07, 6.45) is 3.39. The fourth-order valence-corrected chi connectivity index (χ4v) is 4.96. The molecule has 1 aromatic heterocycles. The van der Waals surface area contributed by atoms with Crippen LogP contribution in [0.4, 0.5) is 10.5 Å². The average molecular weight is 477 g/mol. The van der Waals surface area contributed by atoms with Crippen molar-refractivity contribution >= 4 is 21.6 Å². The van der Waals surface area contributed by atoms with Gasteiger partial charge in [0.15, 0.2) is 15.7 Å². The lowest BCUT2D eigenvalue weighted by molar-refractivity contribution is 0.0202. The first kappa shape index (κ1) is 23.5. The molecular weight excluding hydrogens is 444 g/mol. The summed E-state index contributed by atoms with van der Waals surface area (Å²) in [5.41, 5.74) is 0.487. The van der Waals surface area contributed by atoms with Crippen molar-refractivity contribution in [2.75, 3.05) is 37.3 Å². The number of likely N-dealkylation sites (tertiary alicyclic amines) is 1. The van der Waals surface area contributed by atoms with Gasteiger partial charge in [-0.2, -0.15) is 4.98 Å². The van der Waals surface area contributed by atoms with Gasteiger partial charge in [0.2, 0.25) is 5.89 Å². The van der Waals surface area contributed by atoms with Crippen LogP contribution in [-0.4, -0.2) is 67.6 Å². The minimum absolute atomic E-state index is 0.141. The van der Waals surface area contributed by atoms with Crippen molar-refractivity contribution in [3.63, 3.8) is 0 Å². The molecule has 2 aliphatic heterocycles. The van der Waals surface area contributed by atoms with Crippen LogP contribution in [0, 0.1) is 0 Å². The molecule has 10 heteroatoms. The topological polar surface area (TPSA) is 106 Å². The summed E-state index contributed by atoms with van der Waals surface area (Å²) in [5.74, 6) is 1.67. The summed E-state index contributed by atoms with van der Waals surface area (Å²) in [6.45, 7) is 8.42. The number of carbonyl (C=O) groups excluding carboxylic acids is 1. The van der Waals surface area contributed by atoms with Crippen molar-refractivity contribution in [1.29, 1.82) is 0 Å². The monoisotopic (exact) mass is 476 g/mol. The van der Waals surface area contributed by atoms with Gasteiger partial charge in [-0.05, 0) is 64.3 Å². The largest absolute Gasteiger partial charge is 0.444 e. The second kappa shape index (κ2) is 8.96. The van der Waals surface area contributed by atoms with E-state index in [0.717, 1.165) is 38.0 Å². The van der Waals surface area contributed by atoms with Crippen molar-refractivity contribution in [2.24, 2.45) is 0 Å². The van der Waals surface area contributed by atoms with E-state index in [0.29, 0.717) is 29.7 Å². The molecule has 1 amide bonds. The summed E-state index contributed by atoms with van der Waals surface area (Å²) in [7, 11) is -3.20. The normalized spacial score (nSPS) is 20.3. The molecule has 2 aliphatic rings. The fraction of sp³-hybridized carbons (Fsp3) is 0.609. The Balaban J connectivity index is 1.33. The Morgan fingerprint density at radius 3 is 2.30 bits per heavy atom. The van der Waals surface area contributed by atoms with E-state index in [-0.39, 0.29) is 17.9 Å². The fourth-order valence-electron chi connectivity index (χ4n) is 4.33. The van der Waals surface area contributed by atoms with Crippen molar-refractivity contribution in [1.82, 2.24) is 15.0 Å². The zero-order chi connectivity index (χ0) is 23.8. The minimum Gasteiger partial charge on any atom is -0.444 e. The van der Waals surface area contributed by atoms with E-state index in [1.54, 1.807) is 17.0 Å². The van der Waals surface area contributed by atoms with Gasteiger partial charge in [0.25, 0.3) is 0 Å². The van der Waals surface area contributed by atoms with Crippen LogP contribution in [0.1, 0.15) is 63.6 Å². The number of carbonyl (C=O) groups is 1. The number of sulfone groups is 1. The maximum atomic E-state index is 12.3. The van der Waals surface area contributed by atoms with Crippen LogP contribution in [0.2, 0.25) is 0 Å². The Labute approximate surface area is 195 Å². The lowest BCUT2D eigenvalue weighted by Crippen LogP contribution is -2.41. The van der Waals surface area contributed by atoms with Crippen LogP contribution in [-0.2, 0) is 14.6 Å². The van der Waals surface area contributed by atoms with Crippen molar-refractivity contribution in [3.8, 4) is 0 Å². The predicted octanol–water partition coefficient (Wildman–Crippen LogP) is 3.58. The van der Waals surface area contributed by atoms with Gasteiger partial charge in [-0.15, -0.1) is 0 Å². The SMILES string of the molecule is CC(C)(C)OC(=O)N1CCC(c2noc([C@H]3CCN(c4ccc(S(C)(=O)=O)cc4)C3)n2)CC1. The van der Waals surface area contributed by atoms with Gasteiger partial charge in [-0.1, -0.05) is 5.16 Å². The number of ether oxygens (including phenoxy) is 1. The first-order chi connectivity index (χ1) is 15.5. The van der Waals surface area contributed by atoms with Crippen LogP contribution < -0.4 is 4.90 Å². The zero-order valence-electron chi connectivity index (χ0n) is 19.7. The quantitative estimate of drug-likeness (QED) is 0.659. The summed E-state index contributed by atoms with van der Waals surface area (Å²) in [5, 5.41) is 4.24. The molecule has 0 spiro atoms. The smallest absolute Gasteiger partial charge is 0.410 e. The lowest BCUT2D eigenvalue weighted by Gasteiger charge is -2.32. The lowest BCUT2D eigenvalue weighted by atomic mass is 9.96. The van der Waals surface area contributed by atoms with Gasteiger partial charge in [-0.3, -0.25) is 0 Å². The molecule has 33 heavy (non-hydrogen) atoms. The molecule has 9 nitrogen and oxygen atoms in total. The first-order valence-corrected chi connectivity index (χ1v) is 13.3. The number of hydrogen-bond acceptors (Lipinski definition) is 8. The number of anilines is 1. The van der Waals surface area contributed by atoms with Crippen LogP contribution in [0.25, 0.3) is 0 Å². The van der Waals surface area contributed by atoms with Crippen molar-refractivity contribution in [2.45, 2.75) is 62.4 Å². The number of hydrogen-bond donors (Lipinski definition) is 0. The maximum absolute atomic E-state index is 12.3. The Kier molecular flexibility index (Phi) is 6.39. The highest BCUT2D eigenvalue weighted by Gasteiger charge is 2.32. The molecule has 0 N–H and O–H groups in total. The maximum Gasteiger partial charge on any atom is 0.410 e. The summed E-state index contributed by atoms with van der Waals surface area (Å²) < 4.78 is 34.4. The van der Waals surface area contributed by atoms with E-state index in [2.05, 4.69) is 10.1 Å². The Hall–Kier alpha value is -2.62. The minimum atomic E-state index is -3.20. The molecule has 0 unspecified atom stereocenters. The van der Waals surface area contributed by atoms with E-state index in [4.69, 9.17) is 14.2 Å². The molecular formula is C23H32N4O5S. The molecule has 1 aromatic carbocycles. The molecule has 2 aromatic rings. The molecule has 0 aliphatic carbocycles. The van der Waals surface area contributed by atoms with Gasteiger partial charge >= 0.3 is 6.09 Å². The van der Waals surface area contributed by atoms with Crippen LogP contribution >= 0.6 is 0 Å². The van der Waals surface area contributed by atoms with Gasteiger partial charge in [-0.25, -0.2) is 13.2 Å². The van der Waals surface area contributed by atoms with E-state index >= 15 is 0 Å². The third-order valence-corrected chi connectivity index (χ3v) is 7.27. The van der Waals surface area contributed by atoms with Crippen LogP contribution in [0.15, 0.2) is 33.7 Å². The number of piperidine rings is 1. The highest BCUT2D eigenvalue weighted by Crippen LogP contribution is 2.33. The van der Waals surface area contributed by atoms with Gasteiger partial charge in [0.05, 0.1) is 10.8 Å². The Bertz CT molecular complexity index is 1080. The molecule has 180 valence electrons. The average Bonchev–Trinajstić information content (AvgIpc) is 3.42. The molecule has 2 fully saturated rings. The van der Waals surface area contributed by atoms with Crippen LogP contribution in [0.5, 0.6) is 0 Å². The van der Waals surface area contributed by atoms with E-state index in [1.165, 1.54) is 6.26 Å². The Morgan fingerprint density at radius 1 is 1.06 bits per heavy atom. The highest BCUT2D eigenvalue weighted by molar-refractivity contribution is 7.90. The summed E-state index contributed by atoms with van der Waals surface area (Å²) in [6, 6.07) is 6.98. The molecule has 4 rings (SSSR count). The third kappa shape index (κ3) is 5.66. The first-order valence-electron chi connectivity index (χ1n) is 11.4. The highest BCUT2D eigenvalue weighted by atomic mass is 32.2. The molecule has 2 saturated heterocycles.